The van der Waals surface area contributed by atoms with Crippen molar-refractivity contribution in [1.29, 1.82) is 0 Å². The number of hydrogen-bond acceptors (Lipinski definition) is 2. The molecule has 1 aromatic rings. The molecule has 4 heteroatoms. The number of halogens is 2. The molecule has 0 aliphatic carbocycles. The van der Waals surface area contributed by atoms with E-state index in [1.165, 1.54) is 5.54 Å². The Bertz CT molecular complexity index is 326. The Balaban J connectivity index is 2.74. The molecular weight excluding hydrogens is 221 g/mol. The van der Waals surface area contributed by atoms with Gasteiger partial charge in [-0.1, -0.05) is 23.2 Å². The van der Waals surface area contributed by atoms with Crippen LogP contribution in [0.4, 0.5) is 0 Å². The third-order valence-electron chi connectivity index (χ3n) is 1.67. The minimum absolute atomic E-state index is 0.403. The average molecular weight is 232 g/mol. The van der Waals surface area contributed by atoms with Gasteiger partial charge in [0.15, 0.2) is 0 Å². The van der Waals surface area contributed by atoms with Crippen LogP contribution in [0.2, 0.25) is 5.02 Å². The second kappa shape index (κ2) is 5.91. The lowest BCUT2D eigenvalue weighted by molar-refractivity contribution is 0.359. The van der Waals surface area contributed by atoms with Gasteiger partial charge in [-0.25, -0.2) is 0 Å². The van der Waals surface area contributed by atoms with Gasteiger partial charge in [-0.15, -0.1) is 0 Å². The predicted molar refractivity (Wildman–Crippen MR) is 59.8 cm³/mol. The Morgan fingerprint density at radius 3 is 2.86 bits per heavy atom. The number of ether oxygens (including phenoxy) is 1. The van der Waals surface area contributed by atoms with Gasteiger partial charge in [-0.05, 0) is 24.3 Å². The zero-order valence-corrected chi connectivity index (χ0v) is 9.05. The summed E-state index contributed by atoms with van der Waals surface area (Å²) in [5, 5.41) is 0.658. The van der Waals surface area contributed by atoms with Crippen molar-refractivity contribution in [3.63, 3.8) is 0 Å². The summed E-state index contributed by atoms with van der Waals surface area (Å²) >= 11 is 11.2. The third-order valence-corrected chi connectivity index (χ3v) is 2.08. The van der Waals surface area contributed by atoms with E-state index in [1.54, 1.807) is 24.3 Å². The predicted octanol–water partition coefficient (Wildman–Crippen LogP) is 2.93. The lowest BCUT2D eigenvalue weighted by Crippen LogP contribution is -2.02. The summed E-state index contributed by atoms with van der Waals surface area (Å²) in [5.41, 5.74) is 7.85. The van der Waals surface area contributed by atoms with E-state index in [-0.39, 0.29) is 0 Å². The van der Waals surface area contributed by atoms with Gasteiger partial charge in [0.2, 0.25) is 0 Å². The van der Waals surface area contributed by atoms with Gasteiger partial charge < -0.3 is 10.5 Å². The molecule has 0 heterocycles. The molecule has 2 N–H and O–H groups in total. The van der Waals surface area contributed by atoms with Crippen molar-refractivity contribution in [1.82, 2.24) is 0 Å². The molecule has 1 aromatic carbocycles. The molecule has 0 saturated carbocycles. The summed E-state index contributed by atoms with van der Waals surface area (Å²) < 4.78 is 5.41. The van der Waals surface area contributed by atoms with E-state index in [4.69, 9.17) is 33.7 Å². The fraction of sp³-hybridized carbons (Fsp3) is 0.200. The van der Waals surface area contributed by atoms with Crippen LogP contribution in [0.1, 0.15) is 5.56 Å². The highest BCUT2D eigenvalue weighted by Crippen LogP contribution is 2.22. The van der Waals surface area contributed by atoms with E-state index in [2.05, 4.69) is 0 Å². The smallest absolute Gasteiger partial charge is 0.124 e. The molecule has 0 spiro atoms. The molecule has 2 nitrogen and oxygen atoms in total. The van der Waals surface area contributed by atoms with Crippen LogP contribution < -0.4 is 10.5 Å². The summed E-state index contributed by atoms with van der Waals surface area (Å²) in [6, 6.07) is 5.36. The number of rotatable bonds is 4. The number of benzene rings is 1. The highest BCUT2D eigenvalue weighted by Gasteiger charge is 2.01. The zero-order valence-electron chi connectivity index (χ0n) is 7.54. The van der Waals surface area contributed by atoms with Crippen molar-refractivity contribution in [2.75, 3.05) is 6.61 Å². The van der Waals surface area contributed by atoms with Crippen LogP contribution in [0.25, 0.3) is 0 Å². The van der Waals surface area contributed by atoms with E-state index in [9.17, 15) is 0 Å². The van der Waals surface area contributed by atoms with E-state index in [0.717, 1.165) is 11.3 Å². The molecule has 0 radical (unpaired) electrons. The van der Waals surface area contributed by atoms with Crippen molar-refractivity contribution in [3.8, 4) is 5.75 Å². The molecule has 14 heavy (non-hydrogen) atoms. The standard InChI is InChI=1S/C10H11Cl2NO/c11-4-1-5-14-10-3-2-9(12)6-8(10)7-13/h1-4,6H,5,7,13H2/b4-1+. The monoisotopic (exact) mass is 231 g/mol. The van der Waals surface area contributed by atoms with Crippen molar-refractivity contribution < 1.29 is 4.74 Å². The van der Waals surface area contributed by atoms with E-state index >= 15 is 0 Å². The van der Waals surface area contributed by atoms with Crippen LogP contribution in [-0.2, 0) is 6.54 Å². The summed E-state index contributed by atoms with van der Waals surface area (Å²) in [5.74, 6) is 0.742. The van der Waals surface area contributed by atoms with Crippen molar-refractivity contribution in [2.45, 2.75) is 6.54 Å². The Labute approximate surface area is 93.3 Å². The topological polar surface area (TPSA) is 35.2 Å². The lowest BCUT2D eigenvalue weighted by Gasteiger charge is -2.08. The minimum atomic E-state index is 0.403. The normalized spacial score (nSPS) is 10.8. The maximum absolute atomic E-state index is 5.81. The summed E-state index contributed by atoms with van der Waals surface area (Å²) in [6.07, 6.45) is 1.70. The maximum Gasteiger partial charge on any atom is 0.124 e. The van der Waals surface area contributed by atoms with Gasteiger partial charge >= 0.3 is 0 Å². The molecular formula is C10H11Cl2NO. The fourth-order valence-corrected chi connectivity index (χ4v) is 1.29. The zero-order chi connectivity index (χ0) is 10.4. The molecule has 0 saturated heterocycles. The summed E-state index contributed by atoms with van der Waals surface area (Å²) in [4.78, 5) is 0. The lowest BCUT2D eigenvalue weighted by atomic mass is 10.2. The molecule has 0 aliphatic rings. The van der Waals surface area contributed by atoms with Crippen LogP contribution in [-0.4, -0.2) is 6.61 Å². The van der Waals surface area contributed by atoms with Crippen LogP contribution in [0.5, 0.6) is 5.75 Å². The van der Waals surface area contributed by atoms with Gasteiger partial charge in [0.05, 0.1) is 0 Å². The minimum Gasteiger partial charge on any atom is -0.489 e. The van der Waals surface area contributed by atoms with Crippen molar-refractivity contribution in [3.05, 3.63) is 40.4 Å². The SMILES string of the molecule is NCc1cc(Cl)ccc1OC/C=C/Cl. The van der Waals surface area contributed by atoms with Gasteiger partial charge in [-0.2, -0.15) is 0 Å². The van der Waals surface area contributed by atoms with Gasteiger partial charge in [-0.3, -0.25) is 0 Å². The van der Waals surface area contributed by atoms with E-state index in [1.807, 2.05) is 0 Å². The Kier molecular flexibility index (Phi) is 4.80. The highest BCUT2D eigenvalue weighted by molar-refractivity contribution is 6.30. The van der Waals surface area contributed by atoms with Crippen LogP contribution in [0, 0.1) is 0 Å². The number of hydrogen-bond donors (Lipinski definition) is 1. The quantitative estimate of drug-likeness (QED) is 0.866. The fourth-order valence-electron chi connectivity index (χ4n) is 1.02. The molecule has 0 aromatic heterocycles. The average Bonchev–Trinajstić information content (AvgIpc) is 2.20. The first kappa shape index (κ1) is 11.4. The van der Waals surface area contributed by atoms with Crippen molar-refractivity contribution in [2.24, 2.45) is 5.73 Å². The number of nitrogens with two attached hydrogens (primary N) is 1. The summed E-state index contributed by atoms with van der Waals surface area (Å²) in [6.45, 7) is 0.832. The molecule has 0 aliphatic heterocycles. The van der Waals surface area contributed by atoms with Crippen LogP contribution in [0.3, 0.4) is 0 Å². The van der Waals surface area contributed by atoms with Crippen molar-refractivity contribution >= 4 is 23.2 Å². The Morgan fingerprint density at radius 1 is 1.43 bits per heavy atom. The van der Waals surface area contributed by atoms with Gasteiger partial charge in [0.25, 0.3) is 0 Å². The van der Waals surface area contributed by atoms with Gasteiger partial charge in [0.1, 0.15) is 12.4 Å². The first-order chi connectivity index (χ1) is 6.77. The molecule has 0 bridgehead atoms. The van der Waals surface area contributed by atoms with E-state index in [0.29, 0.717) is 18.2 Å². The largest absolute Gasteiger partial charge is 0.489 e. The highest BCUT2D eigenvalue weighted by atomic mass is 35.5. The summed E-state index contributed by atoms with van der Waals surface area (Å²) in [7, 11) is 0. The first-order valence-corrected chi connectivity index (χ1v) is 4.96. The molecule has 1 rings (SSSR count). The van der Waals surface area contributed by atoms with Crippen LogP contribution >= 0.6 is 23.2 Å². The first-order valence-electron chi connectivity index (χ1n) is 4.14. The maximum atomic E-state index is 5.81. The second-order valence-corrected chi connectivity index (χ2v) is 3.32. The second-order valence-electron chi connectivity index (χ2n) is 2.63. The molecule has 0 atom stereocenters. The van der Waals surface area contributed by atoms with Gasteiger partial charge in [0, 0.05) is 22.7 Å². The Morgan fingerprint density at radius 2 is 2.21 bits per heavy atom. The molecule has 0 amide bonds. The van der Waals surface area contributed by atoms with Crippen LogP contribution in [0.15, 0.2) is 29.8 Å². The van der Waals surface area contributed by atoms with E-state index < -0.39 is 0 Å². The molecule has 76 valence electrons. The molecule has 0 fully saturated rings. The molecule has 0 unspecified atom stereocenters. The third kappa shape index (κ3) is 3.22. The Hall–Kier alpha value is -0.700.